The summed E-state index contributed by atoms with van der Waals surface area (Å²) in [6.45, 7) is 2.74. The van der Waals surface area contributed by atoms with E-state index in [2.05, 4.69) is 15.3 Å². The van der Waals surface area contributed by atoms with Gasteiger partial charge in [-0.1, -0.05) is 0 Å². The SMILES string of the molecule is [2H]c1ncc(C(F)(F)F)c(Nc2ccc(F)cc2P(C)(C)=O)n1. The second-order valence-corrected chi connectivity index (χ2v) is 8.05. The first-order valence-electron chi connectivity index (χ1n) is 6.51. The van der Waals surface area contributed by atoms with Crippen molar-refractivity contribution < 1.29 is 23.5 Å². The van der Waals surface area contributed by atoms with Crippen LogP contribution in [0.4, 0.5) is 29.1 Å². The molecule has 9 heteroatoms. The van der Waals surface area contributed by atoms with E-state index in [0.29, 0.717) is 6.20 Å². The van der Waals surface area contributed by atoms with Gasteiger partial charge >= 0.3 is 6.18 Å². The van der Waals surface area contributed by atoms with Crippen LogP contribution in [-0.2, 0) is 10.7 Å². The van der Waals surface area contributed by atoms with Crippen molar-refractivity contribution in [1.82, 2.24) is 9.97 Å². The molecule has 0 aliphatic rings. The fourth-order valence-corrected chi connectivity index (χ4v) is 2.92. The summed E-state index contributed by atoms with van der Waals surface area (Å²) in [7, 11) is -2.96. The highest BCUT2D eigenvalue weighted by molar-refractivity contribution is 7.70. The van der Waals surface area contributed by atoms with Gasteiger partial charge in [0, 0.05) is 11.5 Å². The number of hydrogen-bond acceptors (Lipinski definition) is 4. The minimum absolute atomic E-state index is 0.0309. The summed E-state index contributed by atoms with van der Waals surface area (Å²) < 4.78 is 71.8. The van der Waals surface area contributed by atoms with Gasteiger partial charge in [-0.05, 0) is 31.5 Å². The van der Waals surface area contributed by atoms with E-state index < -0.39 is 36.8 Å². The highest BCUT2D eigenvalue weighted by Gasteiger charge is 2.35. The van der Waals surface area contributed by atoms with Gasteiger partial charge in [-0.2, -0.15) is 13.2 Å². The molecule has 0 aliphatic heterocycles. The third kappa shape index (κ3) is 3.62. The number of nitrogens with one attached hydrogen (secondary N) is 1. The molecule has 0 radical (unpaired) electrons. The molecule has 1 heterocycles. The monoisotopic (exact) mass is 334 g/mol. The molecular weight excluding hydrogens is 321 g/mol. The Kier molecular flexibility index (Phi) is 3.87. The molecule has 2 rings (SSSR count). The van der Waals surface area contributed by atoms with Gasteiger partial charge in [-0.3, -0.25) is 0 Å². The summed E-state index contributed by atoms with van der Waals surface area (Å²) in [6.07, 6.45) is -4.86. The third-order valence-corrected chi connectivity index (χ3v) is 4.30. The lowest BCUT2D eigenvalue weighted by Gasteiger charge is -2.17. The zero-order valence-electron chi connectivity index (χ0n) is 12.6. The van der Waals surface area contributed by atoms with Crippen molar-refractivity contribution in [3.05, 3.63) is 42.1 Å². The summed E-state index contributed by atoms with van der Waals surface area (Å²) >= 11 is 0. The number of alkyl halides is 3. The van der Waals surface area contributed by atoms with Gasteiger partial charge in [0.05, 0.1) is 5.69 Å². The Morgan fingerprint density at radius 3 is 2.59 bits per heavy atom. The average Bonchev–Trinajstić information content (AvgIpc) is 2.38. The van der Waals surface area contributed by atoms with E-state index >= 15 is 0 Å². The molecular formula is C13H12F4N3OP. The summed E-state index contributed by atoms with van der Waals surface area (Å²) in [6, 6.07) is 3.20. The van der Waals surface area contributed by atoms with Crippen molar-refractivity contribution in [3.63, 3.8) is 0 Å². The number of anilines is 2. The van der Waals surface area contributed by atoms with Crippen molar-refractivity contribution in [1.29, 1.82) is 0 Å². The Morgan fingerprint density at radius 1 is 1.32 bits per heavy atom. The molecule has 4 nitrogen and oxygen atoms in total. The predicted octanol–water partition coefficient (Wildman–Crippen LogP) is 3.63. The quantitative estimate of drug-likeness (QED) is 0.688. The maximum atomic E-state index is 13.4. The Morgan fingerprint density at radius 2 is 2.00 bits per heavy atom. The standard InChI is InChI=1S/C13H12F4N3OP/c1-22(2,21)11-5-8(14)3-4-10(11)20-12-9(13(15,16)17)6-18-7-19-12/h3-7H,1-2H3,(H,18,19,20)/i7D. The van der Waals surface area contributed by atoms with Crippen molar-refractivity contribution >= 4 is 24.0 Å². The molecule has 0 bridgehead atoms. The first-order valence-corrected chi connectivity index (χ1v) is 8.61. The van der Waals surface area contributed by atoms with Crippen LogP contribution in [-0.4, -0.2) is 23.3 Å². The molecule has 0 spiro atoms. The largest absolute Gasteiger partial charge is 0.421 e. The summed E-state index contributed by atoms with van der Waals surface area (Å²) in [5, 5.41) is 2.44. The van der Waals surface area contributed by atoms with Crippen molar-refractivity contribution in [2.45, 2.75) is 6.18 Å². The maximum Gasteiger partial charge on any atom is 0.421 e. The first kappa shape index (κ1) is 15.0. The van der Waals surface area contributed by atoms with Crippen molar-refractivity contribution in [2.75, 3.05) is 18.6 Å². The topological polar surface area (TPSA) is 54.9 Å². The van der Waals surface area contributed by atoms with E-state index in [1.807, 2.05) is 0 Å². The first-order chi connectivity index (χ1) is 10.5. The maximum absolute atomic E-state index is 13.4. The van der Waals surface area contributed by atoms with Crippen LogP contribution in [0.1, 0.15) is 6.93 Å². The number of nitrogens with zero attached hydrogens (tertiary/aromatic N) is 2. The van der Waals surface area contributed by atoms with Crippen LogP contribution in [0.3, 0.4) is 0 Å². The minimum Gasteiger partial charge on any atom is -0.339 e. The zero-order valence-corrected chi connectivity index (χ0v) is 12.5. The highest BCUT2D eigenvalue weighted by atomic mass is 31.2. The van der Waals surface area contributed by atoms with Crippen molar-refractivity contribution in [3.8, 4) is 0 Å². The smallest absolute Gasteiger partial charge is 0.339 e. The molecule has 118 valence electrons. The van der Waals surface area contributed by atoms with E-state index in [1.54, 1.807) is 0 Å². The van der Waals surface area contributed by atoms with Crippen molar-refractivity contribution in [2.24, 2.45) is 0 Å². The number of rotatable bonds is 3. The number of aromatic nitrogens is 2. The Hall–Kier alpha value is -1.95. The van der Waals surface area contributed by atoms with Gasteiger partial charge in [0.1, 0.15) is 32.0 Å². The van der Waals surface area contributed by atoms with Crippen LogP contribution in [0.25, 0.3) is 0 Å². The molecule has 0 saturated heterocycles. The molecule has 0 unspecified atom stereocenters. The van der Waals surface area contributed by atoms with Gasteiger partial charge in [0.25, 0.3) is 0 Å². The predicted molar refractivity (Wildman–Crippen MR) is 75.8 cm³/mol. The van der Waals surface area contributed by atoms with Crippen LogP contribution in [0.15, 0.2) is 30.7 Å². The van der Waals surface area contributed by atoms with E-state index in [0.717, 1.165) is 12.1 Å². The summed E-state index contributed by atoms with van der Waals surface area (Å²) in [5.74, 6) is -1.31. The van der Waals surface area contributed by atoms with E-state index in [9.17, 15) is 22.1 Å². The summed E-state index contributed by atoms with van der Waals surface area (Å²) in [4.78, 5) is 6.64. The Labute approximate surface area is 125 Å². The molecule has 0 fully saturated rings. The molecule has 0 atom stereocenters. The lowest BCUT2D eigenvalue weighted by Crippen LogP contribution is -2.15. The summed E-state index contributed by atoms with van der Waals surface area (Å²) in [5.41, 5.74) is -1.14. The van der Waals surface area contributed by atoms with Crippen LogP contribution < -0.4 is 10.6 Å². The van der Waals surface area contributed by atoms with E-state index in [1.165, 1.54) is 19.4 Å². The molecule has 1 N–H and O–H groups in total. The van der Waals surface area contributed by atoms with E-state index in [-0.39, 0.29) is 11.0 Å². The number of halogens is 4. The lowest BCUT2D eigenvalue weighted by atomic mass is 10.2. The van der Waals surface area contributed by atoms with Crippen LogP contribution in [0.5, 0.6) is 0 Å². The van der Waals surface area contributed by atoms with Gasteiger partial charge in [0.2, 0.25) is 0 Å². The molecule has 0 saturated carbocycles. The second kappa shape index (κ2) is 5.68. The van der Waals surface area contributed by atoms with Gasteiger partial charge in [0.15, 0.2) is 0 Å². The van der Waals surface area contributed by atoms with Gasteiger partial charge in [-0.15, -0.1) is 0 Å². The fraction of sp³-hybridized carbons (Fsp3) is 0.231. The fourth-order valence-electron chi connectivity index (χ4n) is 1.78. The minimum atomic E-state index is -4.74. The van der Waals surface area contributed by atoms with Crippen LogP contribution in [0.2, 0.25) is 0 Å². The molecule has 22 heavy (non-hydrogen) atoms. The molecule has 0 amide bonds. The molecule has 1 aromatic carbocycles. The second-order valence-electron chi connectivity index (χ2n) is 4.87. The van der Waals surface area contributed by atoms with Crippen LogP contribution in [0, 0.1) is 5.82 Å². The van der Waals surface area contributed by atoms with Gasteiger partial charge in [-0.25, -0.2) is 14.4 Å². The zero-order chi connectivity index (χ0) is 17.4. The molecule has 0 aliphatic carbocycles. The molecule has 2 aromatic rings. The van der Waals surface area contributed by atoms with Gasteiger partial charge < -0.3 is 9.88 Å². The Balaban J connectivity index is 2.57. The number of hydrogen-bond donors (Lipinski definition) is 1. The highest BCUT2D eigenvalue weighted by Crippen LogP contribution is 2.40. The van der Waals surface area contributed by atoms with Crippen LogP contribution >= 0.6 is 7.14 Å². The average molecular weight is 334 g/mol. The molecule has 1 aromatic heterocycles. The normalized spacial score (nSPS) is 12.9. The number of benzene rings is 1. The lowest BCUT2D eigenvalue weighted by molar-refractivity contribution is -0.137. The Bertz CT molecular complexity index is 791. The van der Waals surface area contributed by atoms with E-state index in [4.69, 9.17) is 1.37 Å². The third-order valence-electron chi connectivity index (χ3n) is 2.77.